The van der Waals surface area contributed by atoms with Crippen molar-refractivity contribution >= 4 is 22.3 Å². The molecule has 2 N–H and O–H groups in total. The SMILES string of the molecule is CN1CCCC(Nc2nnc(-c3ccc(N4CCOCC4)cc3O)c3ccccc23)C1. The number of piperidine rings is 1. The van der Waals surface area contributed by atoms with E-state index in [4.69, 9.17) is 4.74 Å². The number of ether oxygens (including phenoxy) is 1. The summed E-state index contributed by atoms with van der Waals surface area (Å²) < 4.78 is 5.43. The van der Waals surface area contributed by atoms with Gasteiger partial charge in [-0.3, -0.25) is 0 Å². The van der Waals surface area contributed by atoms with Crippen LogP contribution in [0.25, 0.3) is 22.0 Å². The number of nitrogens with zero attached hydrogens (tertiary/aromatic N) is 4. The number of hydrogen-bond acceptors (Lipinski definition) is 7. The quantitative estimate of drug-likeness (QED) is 0.672. The highest BCUT2D eigenvalue weighted by atomic mass is 16.5. The van der Waals surface area contributed by atoms with Crippen molar-refractivity contribution in [1.82, 2.24) is 15.1 Å². The van der Waals surface area contributed by atoms with E-state index in [9.17, 15) is 5.11 Å². The fourth-order valence-corrected chi connectivity index (χ4v) is 4.63. The average molecular weight is 420 g/mol. The maximum absolute atomic E-state index is 10.8. The van der Waals surface area contributed by atoms with Crippen molar-refractivity contribution in [2.75, 3.05) is 56.7 Å². The number of aromatic hydroxyl groups is 1. The molecule has 0 aliphatic carbocycles. The number of aromatic nitrogens is 2. The molecule has 1 unspecified atom stereocenters. The molecule has 7 heteroatoms. The molecule has 2 fully saturated rings. The van der Waals surface area contributed by atoms with Gasteiger partial charge in [0.05, 0.1) is 13.2 Å². The number of fused-ring (bicyclic) bond motifs is 1. The Morgan fingerprint density at radius 3 is 2.61 bits per heavy atom. The second kappa shape index (κ2) is 8.69. The van der Waals surface area contributed by atoms with Crippen LogP contribution in [0.5, 0.6) is 5.75 Å². The number of likely N-dealkylation sites (N-methyl/N-ethyl adjacent to an activating group) is 1. The van der Waals surface area contributed by atoms with Gasteiger partial charge in [0.25, 0.3) is 0 Å². The molecule has 2 saturated heterocycles. The number of phenols is 1. The Kier molecular flexibility index (Phi) is 5.61. The summed E-state index contributed by atoms with van der Waals surface area (Å²) in [4.78, 5) is 4.57. The summed E-state index contributed by atoms with van der Waals surface area (Å²) >= 11 is 0. The largest absolute Gasteiger partial charge is 0.507 e. The molecule has 3 heterocycles. The number of likely N-dealkylation sites (tertiary alicyclic amines) is 1. The Labute approximate surface area is 182 Å². The number of hydrogen-bond donors (Lipinski definition) is 2. The Balaban J connectivity index is 1.48. The van der Waals surface area contributed by atoms with E-state index in [-0.39, 0.29) is 5.75 Å². The molecule has 2 aromatic carbocycles. The van der Waals surface area contributed by atoms with Gasteiger partial charge in [0, 0.05) is 53.8 Å². The standard InChI is InChI=1S/C24H29N5O2/c1-28-10-4-5-17(16-28)25-24-20-7-3-2-6-19(20)23(26-27-24)21-9-8-18(15-22(21)30)29-11-13-31-14-12-29/h2-3,6-9,15,17,30H,4-5,10-14,16H2,1H3,(H,25,27). The topological polar surface area (TPSA) is 73.8 Å². The molecular formula is C24H29N5O2. The molecule has 0 amide bonds. The molecule has 1 atom stereocenters. The van der Waals surface area contributed by atoms with Crippen LogP contribution in [0.4, 0.5) is 11.5 Å². The van der Waals surface area contributed by atoms with Crippen LogP contribution in [0.3, 0.4) is 0 Å². The van der Waals surface area contributed by atoms with Crippen LogP contribution in [0.1, 0.15) is 12.8 Å². The lowest BCUT2D eigenvalue weighted by molar-refractivity contribution is 0.122. The van der Waals surface area contributed by atoms with E-state index in [0.29, 0.717) is 30.5 Å². The number of rotatable bonds is 4. The number of benzene rings is 2. The average Bonchev–Trinajstić information content (AvgIpc) is 2.80. The van der Waals surface area contributed by atoms with Gasteiger partial charge >= 0.3 is 0 Å². The van der Waals surface area contributed by atoms with Crippen LogP contribution < -0.4 is 10.2 Å². The zero-order chi connectivity index (χ0) is 21.2. The van der Waals surface area contributed by atoms with Gasteiger partial charge in [0.2, 0.25) is 0 Å². The Hall–Kier alpha value is -2.90. The first-order valence-electron chi connectivity index (χ1n) is 11.1. The maximum Gasteiger partial charge on any atom is 0.156 e. The predicted octanol–water partition coefficient (Wildman–Crippen LogP) is 3.35. The highest BCUT2D eigenvalue weighted by molar-refractivity contribution is 6.01. The first-order valence-corrected chi connectivity index (χ1v) is 11.1. The summed E-state index contributed by atoms with van der Waals surface area (Å²) in [6.07, 6.45) is 2.31. The molecule has 0 bridgehead atoms. The maximum atomic E-state index is 10.8. The summed E-state index contributed by atoms with van der Waals surface area (Å²) in [6, 6.07) is 14.3. The van der Waals surface area contributed by atoms with Gasteiger partial charge in [-0.1, -0.05) is 24.3 Å². The van der Waals surface area contributed by atoms with Gasteiger partial charge in [0.1, 0.15) is 11.4 Å². The van der Waals surface area contributed by atoms with Crippen molar-refractivity contribution in [1.29, 1.82) is 0 Å². The van der Waals surface area contributed by atoms with E-state index in [1.807, 2.05) is 36.4 Å². The summed E-state index contributed by atoms with van der Waals surface area (Å²) in [5, 5.41) is 25.5. The minimum Gasteiger partial charge on any atom is -0.507 e. The lowest BCUT2D eigenvalue weighted by Crippen LogP contribution is -2.40. The number of morpholine rings is 1. The van der Waals surface area contributed by atoms with Crippen LogP contribution in [-0.2, 0) is 4.74 Å². The van der Waals surface area contributed by atoms with Gasteiger partial charge in [-0.2, -0.15) is 0 Å². The molecule has 2 aliphatic rings. The second-order valence-corrected chi connectivity index (χ2v) is 8.49. The molecule has 162 valence electrons. The lowest BCUT2D eigenvalue weighted by Gasteiger charge is -2.30. The summed E-state index contributed by atoms with van der Waals surface area (Å²) in [5.41, 5.74) is 2.40. The molecule has 31 heavy (non-hydrogen) atoms. The Morgan fingerprint density at radius 1 is 1.03 bits per heavy atom. The predicted molar refractivity (Wildman–Crippen MR) is 124 cm³/mol. The lowest BCUT2D eigenvalue weighted by atomic mass is 10.0. The third kappa shape index (κ3) is 4.16. The molecule has 2 aliphatic heterocycles. The van der Waals surface area contributed by atoms with Crippen molar-refractivity contribution < 1.29 is 9.84 Å². The number of anilines is 2. The minimum absolute atomic E-state index is 0.220. The minimum atomic E-state index is 0.220. The highest BCUT2D eigenvalue weighted by Gasteiger charge is 2.20. The smallest absolute Gasteiger partial charge is 0.156 e. The van der Waals surface area contributed by atoms with E-state index in [2.05, 4.69) is 38.4 Å². The molecule has 0 spiro atoms. The van der Waals surface area contributed by atoms with Crippen molar-refractivity contribution in [3.05, 3.63) is 42.5 Å². The van der Waals surface area contributed by atoms with Crippen molar-refractivity contribution in [3.63, 3.8) is 0 Å². The van der Waals surface area contributed by atoms with Crippen molar-refractivity contribution in [3.8, 4) is 17.0 Å². The van der Waals surface area contributed by atoms with Gasteiger partial charge in [-0.25, -0.2) is 0 Å². The number of nitrogens with one attached hydrogen (secondary N) is 1. The zero-order valence-electron chi connectivity index (χ0n) is 17.9. The fourth-order valence-electron chi connectivity index (χ4n) is 4.63. The monoisotopic (exact) mass is 419 g/mol. The molecule has 0 radical (unpaired) electrons. The van der Waals surface area contributed by atoms with Crippen molar-refractivity contribution in [2.24, 2.45) is 0 Å². The van der Waals surface area contributed by atoms with Crippen LogP contribution in [0.15, 0.2) is 42.5 Å². The molecule has 1 aromatic heterocycles. The van der Waals surface area contributed by atoms with E-state index in [1.165, 1.54) is 6.42 Å². The number of phenolic OH excluding ortho intramolecular Hbond substituents is 1. The highest BCUT2D eigenvalue weighted by Crippen LogP contribution is 2.37. The van der Waals surface area contributed by atoms with Gasteiger partial charge in [0.15, 0.2) is 5.82 Å². The van der Waals surface area contributed by atoms with Crippen LogP contribution >= 0.6 is 0 Å². The van der Waals surface area contributed by atoms with Crippen LogP contribution in [0, 0.1) is 0 Å². The first-order chi connectivity index (χ1) is 15.2. The van der Waals surface area contributed by atoms with Gasteiger partial charge < -0.3 is 25.0 Å². The molecule has 7 nitrogen and oxygen atoms in total. The van der Waals surface area contributed by atoms with Crippen molar-refractivity contribution in [2.45, 2.75) is 18.9 Å². The third-order valence-electron chi connectivity index (χ3n) is 6.27. The molecular weight excluding hydrogens is 390 g/mol. The summed E-state index contributed by atoms with van der Waals surface area (Å²) in [7, 11) is 2.16. The van der Waals surface area contributed by atoms with E-state index in [0.717, 1.165) is 54.9 Å². The second-order valence-electron chi connectivity index (χ2n) is 8.49. The Morgan fingerprint density at radius 2 is 1.84 bits per heavy atom. The molecule has 5 rings (SSSR count). The Bertz CT molecular complexity index is 1070. The molecule has 3 aromatic rings. The summed E-state index contributed by atoms with van der Waals surface area (Å²) in [6.45, 7) is 5.23. The zero-order valence-corrected chi connectivity index (χ0v) is 17.9. The molecule has 0 saturated carbocycles. The van der Waals surface area contributed by atoms with E-state index >= 15 is 0 Å². The van der Waals surface area contributed by atoms with Gasteiger partial charge in [-0.15, -0.1) is 10.2 Å². The normalized spacial score (nSPS) is 20.2. The summed E-state index contributed by atoms with van der Waals surface area (Å²) in [5.74, 6) is 1.03. The van der Waals surface area contributed by atoms with Gasteiger partial charge in [-0.05, 0) is 38.6 Å². The van der Waals surface area contributed by atoms with Crippen LogP contribution in [0.2, 0.25) is 0 Å². The fraction of sp³-hybridized carbons (Fsp3) is 0.417. The van der Waals surface area contributed by atoms with E-state index in [1.54, 1.807) is 0 Å². The third-order valence-corrected chi connectivity index (χ3v) is 6.27. The first kappa shape index (κ1) is 20.0. The van der Waals surface area contributed by atoms with Crippen LogP contribution in [-0.4, -0.2) is 72.7 Å². The van der Waals surface area contributed by atoms with E-state index < -0.39 is 0 Å².